The van der Waals surface area contributed by atoms with Gasteiger partial charge in [0.15, 0.2) is 5.69 Å². The first kappa shape index (κ1) is 15.7. The van der Waals surface area contributed by atoms with Gasteiger partial charge in [0, 0.05) is 12.5 Å². The van der Waals surface area contributed by atoms with Gasteiger partial charge in [-0.15, -0.1) is 11.3 Å². The summed E-state index contributed by atoms with van der Waals surface area (Å²) in [6, 6.07) is 7.68. The maximum Gasteiger partial charge on any atom is 0.356 e. The molecule has 0 unspecified atom stereocenters. The second-order valence-electron chi connectivity index (χ2n) is 5.84. The Labute approximate surface area is 128 Å². The Balaban J connectivity index is 2.63. The molecule has 4 nitrogen and oxygen atoms in total. The Bertz CT molecular complexity index is 656. The molecule has 2 rings (SSSR count). The molecule has 0 saturated heterocycles. The summed E-state index contributed by atoms with van der Waals surface area (Å²) in [6.07, 6.45) is 0. The Morgan fingerprint density at radius 1 is 1.33 bits per heavy atom. The van der Waals surface area contributed by atoms with Crippen molar-refractivity contribution in [3.05, 3.63) is 40.5 Å². The molecule has 2 aromatic rings. The lowest BCUT2D eigenvalue weighted by atomic mass is 9.98. The van der Waals surface area contributed by atoms with Crippen molar-refractivity contribution in [2.45, 2.75) is 32.8 Å². The number of hydrogen-bond acceptors (Lipinski definition) is 4. The standard InChI is InChI=1S/C16H19NO3S/c1-16(2,3)15-17-12(14(18)19)13(21-15)11-8-6-5-7-10(11)9-20-4/h5-8H,9H2,1-4H3,(H,18,19). The SMILES string of the molecule is COCc1ccccc1-c1sc(C(C)(C)C)nc1C(=O)O. The first-order valence-electron chi connectivity index (χ1n) is 6.66. The Morgan fingerprint density at radius 2 is 2.00 bits per heavy atom. The van der Waals surface area contributed by atoms with E-state index in [1.165, 1.54) is 11.3 Å². The molecule has 1 aromatic carbocycles. The molecule has 0 saturated carbocycles. The molecule has 0 aliphatic rings. The van der Waals surface area contributed by atoms with Crippen LogP contribution in [0, 0.1) is 0 Å². The maximum absolute atomic E-state index is 11.5. The van der Waals surface area contributed by atoms with Crippen molar-refractivity contribution in [3.63, 3.8) is 0 Å². The summed E-state index contributed by atoms with van der Waals surface area (Å²) < 4.78 is 5.20. The summed E-state index contributed by atoms with van der Waals surface area (Å²) >= 11 is 1.44. The summed E-state index contributed by atoms with van der Waals surface area (Å²) in [7, 11) is 1.63. The summed E-state index contributed by atoms with van der Waals surface area (Å²) in [4.78, 5) is 16.5. The van der Waals surface area contributed by atoms with Crippen LogP contribution in [0.2, 0.25) is 0 Å². The fourth-order valence-electron chi connectivity index (χ4n) is 1.99. The van der Waals surface area contributed by atoms with Gasteiger partial charge in [0.25, 0.3) is 0 Å². The lowest BCUT2D eigenvalue weighted by Gasteiger charge is -2.13. The second-order valence-corrected chi connectivity index (χ2v) is 6.84. The first-order chi connectivity index (χ1) is 9.84. The van der Waals surface area contributed by atoms with Crippen LogP contribution in [0.4, 0.5) is 0 Å². The molecule has 21 heavy (non-hydrogen) atoms. The first-order valence-corrected chi connectivity index (χ1v) is 7.48. The van der Waals surface area contributed by atoms with Crippen LogP contribution in [0.15, 0.2) is 24.3 Å². The molecule has 5 heteroatoms. The molecule has 1 N–H and O–H groups in total. The van der Waals surface area contributed by atoms with E-state index in [4.69, 9.17) is 4.74 Å². The maximum atomic E-state index is 11.5. The average molecular weight is 305 g/mol. The molecule has 0 aliphatic heterocycles. The highest BCUT2D eigenvalue weighted by atomic mass is 32.1. The number of rotatable bonds is 4. The van der Waals surface area contributed by atoms with Crippen molar-refractivity contribution in [2.75, 3.05) is 7.11 Å². The third kappa shape index (κ3) is 3.31. The number of carboxylic acids is 1. The van der Waals surface area contributed by atoms with Gasteiger partial charge in [-0.1, -0.05) is 45.0 Å². The van der Waals surface area contributed by atoms with Crippen molar-refractivity contribution in [3.8, 4) is 10.4 Å². The fourth-order valence-corrected chi connectivity index (χ4v) is 3.17. The van der Waals surface area contributed by atoms with E-state index in [2.05, 4.69) is 4.98 Å². The van der Waals surface area contributed by atoms with Gasteiger partial charge in [-0.3, -0.25) is 0 Å². The van der Waals surface area contributed by atoms with E-state index in [9.17, 15) is 9.90 Å². The van der Waals surface area contributed by atoms with Gasteiger partial charge in [-0.2, -0.15) is 0 Å². The highest BCUT2D eigenvalue weighted by Gasteiger charge is 2.26. The molecule has 112 valence electrons. The van der Waals surface area contributed by atoms with Gasteiger partial charge in [0.05, 0.1) is 16.5 Å². The van der Waals surface area contributed by atoms with E-state index < -0.39 is 5.97 Å². The summed E-state index contributed by atoms with van der Waals surface area (Å²) in [5.74, 6) is -0.996. The van der Waals surface area contributed by atoms with E-state index in [1.807, 2.05) is 45.0 Å². The summed E-state index contributed by atoms with van der Waals surface area (Å²) in [5, 5.41) is 10.3. The Morgan fingerprint density at radius 3 is 2.57 bits per heavy atom. The zero-order valence-corrected chi connectivity index (χ0v) is 13.5. The average Bonchev–Trinajstić information content (AvgIpc) is 2.84. The minimum Gasteiger partial charge on any atom is -0.476 e. The zero-order chi connectivity index (χ0) is 15.6. The van der Waals surface area contributed by atoms with Crippen molar-refractivity contribution >= 4 is 17.3 Å². The van der Waals surface area contributed by atoms with Gasteiger partial charge in [0.2, 0.25) is 0 Å². The van der Waals surface area contributed by atoms with E-state index in [-0.39, 0.29) is 11.1 Å². The highest BCUT2D eigenvalue weighted by Crippen LogP contribution is 2.37. The quantitative estimate of drug-likeness (QED) is 0.929. The van der Waals surface area contributed by atoms with Crippen LogP contribution in [0.25, 0.3) is 10.4 Å². The number of ether oxygens (including phenoxy) is 1. The number of hydrogen-bond donors (Lipinski definition) is 1. The largest absolute Gasteiger partial charge is 0.476 e. The number of aromatic carboxylic acids is 1. The molecule has 0 aliphatic carbocycles. The molecular weight excluding hydrogens is 286 g/mol. The molecule has 1 aromatic heterocycles. The topological polar surface area (TPSA) is 59.4 Å². The van der Waals surface area contributed by atoms with E-state index in [0.717, 1.165) is 16.1 Å². The number of carbonyl (C=O) groups is 1. The van der Waals surface area contributed by atoms with Crippen LogP contribution < -0.4 is 0 Å². The monoisotopic (exact) mass is 305 g/mol. The van der Waals surface area contributed by atoms with Gasteiger partial charge >= 0.3 is 5.97 Å². The Hall–Kier alpha value is -1.72. The number of nitrogens with zero attached hydrogens (tertiary/aromatic N) is 1. The van der Waals surface area contributed by atoms with Gasteiger partial charge < -0.3 is 9.84 Å². The minimum atomic E-state index is -0.996. The summed E-state index contributed by atoms with van der Waals surface area (Å²) in [6.45, 7) is 6.53. The van der Waals surface area contributed by atoms with Crippen LogP contribution in [0.1, 0.15) is 41.8 Å². The number of thiazole rings is 1. The predicted molar refractivity (Wildman–Crippen MR) is 83.9 cm³/mol. The second kappa shape index (κ2) is 5.95. The van der Waals surface area contributed by atoms with Crippen molar-refractivity contribution in [2.24, 2.45) is 0 Å². The lowest BCUT2D eigenvalue weighted by molar-refractivity contribution is 0.0692. The third-order valence-corrected chi connectivity index (χ3v) is 4.55. The van der Waals surface area contributed by atoms with Crippen LogP contribution in [-0.4, -0.2) is 23.2 Å². The molecule has 0 bridgehead atoms. The lowest BCUT2D eigenvalue weighted by Crippen LogP contribution is -2.11. The molecular formula is C16H19NO3S. The summed E-state index contributed by atoms with van der Waals surface area (Å²) in [5.41, 5.74) is 1.79. The molecule has 1 heterocycles. The molecule has 0 amide bonds. The van der Waals surface area contributed by atoms with Crippen LogP contribution in [0.3, 0.4) is 0 Å². The molecule has 0 atom stereocenters. The minimum absolute atomic E-state index is 0.119. The zero-order valence-electron chi connectivity index (χ0n) is 12.6. The van der Waals surface area contributed by atoms with Crippen LogP contribution >= 0.6 is 11.3 Å². The third-order valence-electron chi connectivity index (χ3n) is 3.03. The number of methoxy groups -OCH3 is 1. The van der Waals surface area contributed by atoms with Crippen molar-refractivity contribution < 1.29 is 14.6 Å². The van der Waals surface area contributed by atoms with Gasteiger partial charge in [-0.25, -0.2) is 9.78 Å². The van der Waals surface area contributed by atoms with Crippen molar-refractivity contribution in [1.82, 2.24) is 4.98 Å². The molecule has 0 fully saturated rings. The predicted octanol–water partition coefficient (Wildman–Crippen LogP) is 3.95. The molecule has 0 radical (unpaired) electrons. The Kier molecular flexibility index (Phi) is 4.44. The molecule has 0 spiro atoms. The van der Waals surface area contributed by atoms with Gasteiger partial charge in [-0.05, 0) is 11.1 Å². The smallest absolute Gasteiger partial charge is 0.356 e. The van der Waals surface area contributed by atoms with Crippen LogP contribution in [-0.2, 0) is 16.8 Å². The van der Waals surface area contributed by atoms with Gasteiger partial charge in [0.1, 0.15) is 0 Å². The van der Waals surface area contributed by atoms with Crippen LogP contribution in [0.5, 0.6) is 0 Å². The number of benzene rings is 1. The van der Waals surface area contributed by atoms with E-state index in [1.54, 1.807) is 7.11 Å². The highest BCUT2D eigenvalue weighted by molar-refractivity contribution is 7.15. The number of aromatic nitrogens is 1. The van der Waals surface area contributed by atoms with Crippen molar-refractivity contribution in [1.29, 1.82) is 0 Å². The number of carboxylic acid groups (broad SMARTS) is 1. The fraction of sp³-hybridized carbons (Fsp3) is 0.375. The normalized spacial score (nSPS) is 11.6. The van der Waals surface area contributed by atoms with E-state index in [0.29, 0.717) is 11.5 Å². The van der Waals surface area contributed by atoms with E-state index >= 15 is 0 Å².